The maximum Gasteiger partial charge on any atom is 0.311 e. The van der Waals surface area contributed by atoms with E-state index in [0.717, 1.165) is 10.0 Å². The van der Waals surface area contributed by atoms with Crippen molar-refractivity contribution in [3.63, 3.8) is 0 Å². The number of aliphatic carboxylic acids is 1. The first-order valence-corrected chi connectivity index (χ1v) is 5.58. The van der Waals surface area contributed by atoms with Crippen LogP contribution in [0.15, 0.2) is 22.7 Å². The standard InChI is InChI=1S/C11H9BrO4/c12-7-2-1-3-8-11(7)6(4-9(13)14)5-10(15)16-8/h1-3,6H,4-5H2,(H,13,14)/t6-/m0/s1. The topological polar surface area (TPSA) is 63.6 Å². The van der Waals surface area contributed by atoms with Crippen LogP contribution >= 0.6 is 15.9 Å². The molecule has 1 aliphatic rings. The quantitative estimate of drug-likeness (QED) is 0.669. The first kappa shape index (κ1) is 11.1. The van der Waals surface area contributed by atoms with Gasteiger partial charge in [0, 0.05) is 16.0 Å². The summed E-state index contributed by atoms with van der Waals surface area (Å²) in [4.78, 5) is 22.0. The van der Waals surface area contributed by atoms with E-state index in [0.29, 0.717) is 5.75 Å². The lowest BCUT2D eigenvalue weighted by atomic mass is 9.90. The number of esters is 1. The van der Waals surface area contributed by atoms with E-state index in [-0.39, 0.29) is 24.7 Å². The van der Waals surface area contributed by atoms with Crippen LogP contribution < -0.4 is 4.74 Å². The molecule has 0 aliphatic carbocycles. The number of hydrogen-bond acceptors (Lipinski definition) is 3. The molecule has 1 aromatic rings. The Bertz CT molecular complexity index is 455. The number of fused-ring (bicyclic) bond motifs is 1. The summed E-state index contributed by atoms with van der Waals surface area (Å²) in [5.74, 6) is -1.15. The molecule has 1 heterocycles. The predicted molar refractivity (Wildman–Crippen MR) is 59.4 cm³/mol. The third-order valence-electron chi connectivity index (χ3n) is 2.48. The highest BCUT2D eigenvalue weighted by Crippen LogP contribution is 2.40. The van der Waals surface area contributed by atoms with Crippen LogP contribution in [0.1, 0.15) is 24.3 Å². The van der Waals surface area contributed by atoms with Gasteiger partial charge in [-0.15, -0.1) is 0 Å². The van der Waals surface area contributed by atoms with E-state index in [2.05, 4.69) is 15.9 Å². The molecule has 1 aliphatic heterocycles. The molecule has 4 nitrogen and oxygen atoms in total. The fourth-order valence-electron chi connectivity index (χ4n) is 1.86. The van der Waals surface area contributed by atoms with E-state index in [4.69, 9.17) is 9.84 Å². The van der Waals surface area contributed by atoms with Crippen molar-refractivity contribution in [2.24, 2.45) is 0 Å². The number of ether oxygens (including phenoxy) is 1. The van der Waals surface area contributed by atoms with Crippen molar-refractivity contribution in [2.75, 3.05) is 0 Å². The number of rotatable bonds is 2. The molecule has 0 saturated carbocycles. The minimum atomic E-state index is -0.915. The van der Waals surface area contributed by atoms with Gasteiger partial charge in [-0.25, -0.2) is 0 Å². The van der Waals surface area contributed by atoms with Crippen LogP contribution in [0.5, 0.6) is 5.75 Å². The molecule has 5 heteroatoms. The molecule has 0 amide bonds. The second-order valence-electron chi connectivity index (χ2n) is 3.62. The van der Waals surface area contributed by atoms with Crippen LogP contribution in [-0.2, 0) is 9.59 Å². The van der Waals surface area contributed by atoms with E-state index in [1.165, 1.54) is 0 Å². The Morgan fingerprint density at radius 1 is 1.56 bits per heavy atom. The molecular formula is C11H9BrO4. The Hall–Kier alpha value is -1.36. The zero-order valence-corrected chi connectivity index (χ0v) is 9.86. The molecule has 0 radical (unpaired) electrons. The van der Waals surface area contributed by atoms with Crippen LogP contribution in [0.4, 0.5) is 0 Å². The van der Waals surface area contributed by atoms with Gasteiger partial charge in [-0.2, -0.15) is 0 Å². The summed E-state index contributed by atoms with van der Waals surface area (Å²) in [6.07, 6.45) is 0.0482. The molecule has 0 saturated heterocycles. The number of carboxylic acids is 1. The Morgan fingerprint density at radius 2 is 2.31 bits per heavy atom. The van der Waals surface area contributed by atoms with Gasteiger partial charge < -0.3 is 9.84 Å². The molecular weight excluding hydrogens is 276 g/mol. The molecule has 84 valence electrons. The highest BCUT2D eigenvalue weighted by atomic mass is 79.9. The molecule has 1 N–H and O–H groups in total. The Labute approximate surface area is 100 Å². The second-order valence-corrected chi connectivity index (χ2v) is 4.48. The zero-order valence-electron chi connectivity index (χ0n) is 8.27. The fourth-order valence-corrected chi connectivity index (χ4v) is 2.53. The summed E-state index contributed by atoms with van der Waals surface area (Å²) in [5.41, 5.74) is 0.768. The third-order valence-corrected chi connectivity index (χ3v) is 3.17. The van der Waals surface area contributed by atoms with E-state index < -0.39 is 5.97 Å². The number of carbonyl (C=O) groups is 2. The van der Waals surface area contributed by atoms with Gasteiger partial charge in [0.2, 0.25) is 0 Å². The monoisotopic (exact) mass is 284 g/mol. The van der Waals surface area contributed by atoms with Crippen LogP contribution in [0, 0.1) is 0 Å². The number of carboxylic acid groups (broad SMARTS) is 1. The second kappa shape index (κ2) is 4.25. The van der Waals surface area contributed by atoms with Gasteiger partial charge in [-0.05, 0) is 12.1 Å². The third kappa shape index (κ3) is 2.09. The molecule has 16 heavy (non-hydrogen) atoms. The minimum absolute atomic E-state index is 0.0648. The van der Waals surface area contributed by atoms with Gasteiger partial charge in [0.25, 0.3) is 0 Å². The minimum Gasteiger partial charge on any atom is -0.481 e. The lowest BCUT2D eigenvalue weighted by Crippen LogP contribution is -2.22. The Kier molecular flexibility index (Phi) is 2.96. The SMILES string of the molecule is O=C(O)C[C@H]1CC(=O)Oc2cccc(Br)c21. The summed E-state index contributed by atoms with van der Waals surface area (Å²) >= 11 is 3.35. The summed E-state index contributed by atoms with van der Waals surface area (Å²) in [6.45, 7) is 0. The number of halogens is 1. The van der Waals surface area contributed by atoms with Crippen molar-refractivity contribution in [3.8, 4) is 5.75 Å². The lowest BCUT2D eigenvalue weighted by Gasteiger charge is -2.24. The van der Waals surface area contributed by atoms with Gasteiger partial charge in [0.15, 0.2) is 0 Å². The number of carbonyl (C=O) groups excluding carboxylic acids is 1. The van der Waals surface area contributed by atoms with E-state index in [9.17, 15) is 9.59 Å². The normalized spacial score (nSPS) is 18.8. The Morgan fingerprint density at radius 3 is 3.00 bits per heavy atom. The first-order valence-electron chi connectivity index (χ1n) is 4.79. The van der Waals surface area contributed by atoms with Gasteiger partial charge in [-0.1, -0.05) is 22.0 Å². The molecule has 1 atom stereocenters. The molecule has 0 aromatic heterocycles. The van der Waals surface area contributed by atoms with E-state index in [1.807, 2.05) is 6.07 Å². The summed E-state index contributed by atoms with van der Waals surface area (Å²) in [5, 5.41) is 8.80. The average molecular weight is 285 g/mol. The van der Waals surface area contributed by atoms with Crippen molar-refractivity contribution in [1.29, 1.82) is 0 Å². The molecule has 1 aromatic carbocycles. The van der Waals surface area contributed by atoms with Crippen LogP contribution in [0.3, 0.4) is 0 Å². The van der Waals surface area contributed by atoms with Crippen LogP contribution in [0.25, 0.3) is 0 Å². The molecule has 0 spiro atoms. The molecule has 0 bridgehead atoms. The van der Waals surface area contributed by atoms with E-state index >= 15 is 0 Å². The average Bonchev–Trinajstić information content (AvgIpc) is 2.15. The van der Waals surface area contributed by atoms with Gasteiger partial charge >= 0.3 is 11.9 Å². The van der Waals surface area contributed by atoms with Crippen molar-refractivity contribution < 1.29 is 19.4 Å². The Balaban J connectivity index is 2.43. The summed E-state index contributed by atoms with van der Waals surface area (Å²) < 4.78 is 5.84. The van der Waals surface area contributed by atoms with Gasteiger partial charge in [-0.3, -0.25) is 9.59 Å². The van der Waals surface area contributed by atoms with Gasteiger partial charge in [0.05, 0.1) is 12.8 Å². The number of benzene rings is 1. The maximum atomic E-state index is 11.3. The predicted octanol–water partition coefficient (Wildman–Crippen LogP) is 2.32. The smallest absolute Gasteiger partial charge is 0.311 e. The van der Waals surface area contributed by atoms with Crippen molar-refractivity contribution in [3.05, 3.63) is 28.2 Å². The van der Waals surface area contributed by atoms with Crippen molar-refractivity contribution in [1.82, 2.24) is 0 Å². The zero-order chi connectivity index (χ0) is 11.7. The van der Waals surface area contributed by atoms with E-state index in [1.54, 1.807) is 12.1 Å². The summed E-state index contributed by atoms with van der Waals surface area (Å²) in [6, 6.07) is 5.23. The molecule has 0 fully saturated rings. The van der Waals surface area contributed by atoms with Crippen LogP contribution in [0.2, 0.25) is 0 Å². The largest absolute Gasteiger partial charge is 0.481 e. The number of hydrogen-bond donors (Lipinski definition) is 1. The maximum absolute atomic E-state index is 11.3. The fraction of sp³-hybridized carbons (Fsp3) is 0.273. The van der Waals surface area contributed by atoms with Crippen LogP contribution in [-0.4, -0.2) is 17.0 Å². The molecule has 2 rings (SSSR count). The highest BCUT2D eigenvalue weighted by molar-refractivity contribution is 9.10. The molecule has 0 unspecified atom stereocenters. The summed E-state index contributed by atoms with van der Waals surface area (Å²) in [7, 11) is 0. The lowest BCUT2D eigenvalue weighted by molar-refractivity contribution is -0.139. The first-order chi connectivity index (χ1) is 7.58. The van der Waals surface area contributed by atoms with Crippen molar-refractivity contribution in [2.45, 2.75) is 18.8 Å². The van der Waals surface area contributed by atoms with Crippen molar-refractivity contribution >= 4 is 27.9 Å². The van der Waals surface area contributed by atoms with Gasteiger partial charge in [0.1, 0.15) is 5.75 Å². The highest BCUT2D eigenvalue weighted by Gasteiger charge is 2.30.